The summed E-state index contributed by atoms with van der Waals surface area (Å²) in [4.78, 5) is 10.7. The lowest BCUT2D eigenvalue weighted by Crippen LogP contribution is -2.05. The van der Waals surface area contributed by atoms with Crippen LogP contribution in [0.2, 0.25) is 0 Å². The molecule has 0 atom stereocenters. The number of anilines is 1. The summed E-state index contributed by atoms with van der Waals surface area (Å²) < 4.78 is 13.1. The number of aromatic carboxylic acids is 1. The van der Waals surface area contributed by atoms with Gasteiger partial charge in [-0.05, 0) is 12.1 Å². The first-order valence-corrected chi connectivity index (χ1v) is 4.97. The van der Waals surface area contributed by atoms with Gasteiger partial charge < -0.3 is 10.8 Å². The predicted molar refractivity (Wildman–Crippen MR) is 60.0 cm³/mol. The minimum absolute atomic E-state index is 0.0315. The van der Waals surface area contributed by atoms with Gasteiger partial charge in [0.1, 0.15) is 5.82 Å². The molecular formula is C11H9ClFNO2. The zero-order valence-corrected chi connectivity index (χ0v) is 9.01. The summed E-state index contributed by atoms with van der Waals surface area (Å²) >= 11 is 5.42. The molecule has 84 valence electrons. The van der Waals surface area contributed by atoms with Gasteiger partial charge in [0.25, 0.3) is 0 Å². The Morgan fingerprint density at radius 3 is 2.81 bits per heavy atom. The monoisotopic (exact) mass is 241 g/mol. The second kappa shape index (κ2) is 5.38. The summed E-state index contributed by atoms with van der Waals surface area (Å²) in [7, 11) is 0. The molecule has 16 heavy (non-hydrogen) atoms. The summed E-state index contributed by atoms with van der Waals surface area (Å²) in [5.74, 6) is 3.65. The van der Waals surface area contributed by atoms with E-state index >= 15 is 0 Å². The molecule has 0 saturated carbocycles. The Morgan fingerprint density at radius 1 is 1.56 bits per heavy atom. The fourth-order valence-corrected chi connectivity index (χ4v) is 1.20. The van der Waals surface area contributed by atoms with Gasteiger partial charge in [-0.3, -0.25) is 0 Å². The molecule has 0 spiro atoms. The number of rotatable bonds is 2. The van der Waals surface area contributed by atoms with Crippen LogP contribution in [-0.2, 0) is 0 Å². The molecule has 0 amide bonds. The molecule has 0 aliphatic carbocycles. The Balaban J connectivity index is 3.21. The van der Waals surface area contributed by atoms with Crippen molar-refractivity contribution in [2.24, 2.45) is 0 Å². The second-order valence-corrected chi connectivity index (χ2v) is 3.34. The molecule has 3 N–H and O–H groups in total. The van der Waals surface area contributed by atoms with E-state index in [1.807, 2.05) is 0 Å². The highest BCUT2D eigenvalue weighted by Crippen LogP contribution is 2.19. The summed E-state index contributed by atoms with van der Waals surface area (Å²) in [5, 5.41) is 8.77. The SMILES string of the molecule is Nc1c(C#CCCCl)cc(F)cc1C(=O)O. The number of halogens is 2. The van der Waals surface area contributed by atoms with Gasteiger partial charge >= 0.3 is 5.97 Å². The molecule has 3 nitrogen and oxygen atoms in total. The first kappa shape index (κ1) is 12.3. The van der Waals surface area contributed by atoms with E-state index in [2.05, 4.69) is 11.8 Å². The van der Waals surface area contributed by atoms with Crippen molar-refractivity contribution in [2.45, 2.75) is 6.42 Å². The lowest BCUT2D eigenvalue weighted by atomic mass is 10.1. The average molecular weight is 242 g/mol. The van der Waals surface area contributed by atoms with E-state index < -0.39 is 11.8 Å². The molecule has 0 fully saturated rings. The van der Waals surface area contributed by atoms with Crippen molar-refractivity contribution in [1.82, 2.24) is 0 Å². The van der Waals surface area contributed by atoms with Crippen LogP contribution < -0.4 is 5.73 Å². The minimum atomic E-state index is -1.28. The van der Waals surface area contributed by atoms with Gasteiger partial charge in [0.2, 0.25) is 0 Å². The van der Waals surface area contributed by atoms with Gasteiger partial charge in [0.05, 0.1) is 16.8 Å². The quantitative estimate of drug-likeness (QED) is 0.473. The maximum absolute atomic E-state index is 13.1. The largest absolute Gasteiger partial charge is 0.478 e. The molecule has 0 bridgehead atoms. The number of benzene rings is 1. The van der Waals surface area contributed by atoms with Crippen molar-refractivity contribution in [3.63, 3.8) is 0 Å². The van der Waals surface area contributed by atoms with E-state index in [9.17, 15) is 9.18 Å². The number of alkyl halides is 1. The number of carboxylic acids is 1. The van der Waals surface area contributed by atoms with Crippen LogP contribution in [0.3, 0.4) is 0 Å². The van der Waals surface area contributed by atoms with Crippen LogP contribution in [-0.4, -0.2) is 17.0 Å². The first-order chi connectivity index (χ1) is 7.56. The number of carboxylic acid groups (broad SMARTS) is 1. The van der Waals surface area contributed by atoms with Crippen molar-refractivity contribution >= 4 is 23.3 Å². The third kappa shape index (κ3) is 2.88. The van der Waals surface area contributed by atoms with Crippen molar-refractivity contribution in [3.8, 4) is 11.8 Å². The predicted octanol–water partition coefficient (Wildman–Crippen LogP) is 2.09. The van der Waals surface area contributed by atoms with Gasteiger partial charge in [0.15, 0.2) is 0 Å². The average Bonchev–Trinajstić information content (AvgIpc) is 2.22. The van der Waals surface area contributed by atoms with E-state index in [1.165, 1.54) is 0 Å². The van der Waals surface area contributed by atoms with E-state index in [0.29, 0.717) is 12.3 Å². The number of hydrogen-bond donors (Lipinski definition) is 2. The summed E-state index contributed by atoms with van der Waals surface area (Å²) in [6.45, 7) is 0. The first-order valence-electron chi connectivity index (χ1n) is 4.43. The zero-order chi connectivity index (χ0) is 12.1. The summed E-state index contributed by atoms with van der Waals surface area (Å²) in [6.07, 6.45) is 0.430. The molecule has 1 aromatic carbocycles. The zero-order valence-electron chi connectivity index (χ0n) is 8.26. The Kier molecular flexibility index (Phi) is 4.15. The number of carbonyl (C=O) groups is 1. The smallest absolute Gasteiger partial charge is 0.337 e. The van der Waals surface area contributed by atoms with E-state index in [0.717, 1.165) is 12.1 Å². The maximum atomic E-state index is 13.1. The van der Waals surface area contributed by atoms with Crippen molar-refractivity contribution in [3.05, 3.63) is 29.1 Å². The molecule has 0 aliphatic rings. The highest BCUT2D eigenvalue weighted by atomic mass is 35.5. The Bertz CT molecular complexity index is 477. The number of nitrogen functional groups attached to an aromatic ring is 1. The summed E-state index contributed by atoms with van der Waals surface area (Å²) in [6, 6.07) is 1.97. The topological polar surface area (TPSA) is 63.3 Å². The van der Waals surface area contributed by atoms with Gasteiger partial charge in [-0.25, -0.2) is 9.18 Å². The second-order valence-electron chi connectivity index (χ2n) is 2.96. The highest BCUT2D eigenvalue weighted by Gasteiger charge is 2.12. The minimum Gasteiger partial charge on any atom is -0.478 e. The van der Waals surface area contributed by atoms with E-state index in [-0.39, 0.29) is 16.8 Å². The molecule has 0 heterocycles. The Morgan fingerprint density at radius 2 is 2.25 bits per heavy atom. The van der Waals surface area contributed by atoms with Gasteiger partial charge in [-0.1, -0.05) is 11.8 Å². The molecular weight excluding hydrogens is 233 g/mol. The van der Waals surface area contributed by atoms with Crippen molar-refractivity contribution in [1.29, 1.82) is 0 Å². The van der Waals surface area contributed by atoms with E-state index in [1.54, 1.807) is 0 Å². The van der Waals surface area contributed by atoms with Crippen molar-refractivity contribution in [2.75, 3.05) is 11.6 Å². The van der Waals surface area contributed by atoms with Crippen LogP contribution in [0.5, 0.6) is 0 Å². The molecule has 1 aromatic rings. The highest BCUT2D eigenvalue weighted by molar-refractivity contribution is 6.18. The fourth-order valence-electron chi connectivity index (χ4n) is 1.10. The molecule has 0 aliphatic heterocycles. The fraction of sp³-hybridized carbons (Fsp3) is 0.182. The van der Waals surface area contributed by atoms with Crippen molar-refractivity contribution < 1.29 is 14.3 Å². The normalized spacial score (nSPS) is 9.38. The summed E-state index contributed by atoms with van der Waals surface area (Å²) in [5.41, 5.74) is 5.41. The van der Waals surface area contributed by atoms with Crippen LogP contribution in [0.25, 0.3) is 0 Å². The van der Waals surface area contributed by atoms with E-state index in [4.69, 9.17) is 22.4 Å². The lowest BCUT2D eigenvalue weighted by Gasteiger charge is -2.03. The number of nitrogens with two attached hydrogens (primary N) is 1. The van der Waals surface area contributed by atoms with Crippen LogP contribution >= 0.6 is 11.6 Å². The molecule has 0 aromatic heterocycles. The standard InChI is InChI=1S/C11H9ClFNO2/c12-4-2-1-3-7-5-8(13)6-9(10(7)14)11(15)16/h5-6H,2,4,14H2,(H,15,16). The molecule has 0 saturated heterocycles. The Labute approximate surface area is 97.0 Å². The van der Waals surface area contributed by atoms with Crippen LogP contribution in [0.15, 0.2) is 12.1 Å². The number of hydrogen-bond acceptors (Lipinski definition) is 2. The Hall–Kier alpha value is -1.73. The van der Waals surface area contributed by atoms with Crippen LogP contribution in [0.4, 0.5) is 10.1 Å². The lowest BCUT2D eigenvalue weighted by molar-refractivity contribution is 0.0697. The third-order valence-corrected chi connectivity index (χ3v) is 2.01. The maximum Gasteiger partial charge on any atom is 0.337 e. The molecule has 5 heteroatoms. The molecule has 0 radical (unpaired) electrons. The molecule has 1 rings (SSSR count). The van der Waals surface area contributed by atoms with Gasteiger partial charge in [-0.2, -0.15) is 0 Å². The van der Waals surface area contributed by atoms with Crippen LogP contribution in [0, 0.1) is 17.7 Å². The third-order valence-electron chi connectivity index (χ3n) is 1.82. The van der Waals surface area contributed by atoms with Gasteiger partial charge in [0, 0.05) is 12.3 Å². The van der Waals surface area contributed by atoms with Crippen LogP contribution in [0.1, 0.15) is 22.3 Å². The van der Waals surface area contributed by atoms with Gasteiger partial charge in [-0.15, -0.1) is 11.6 Å². The molecule has 0 unspecified atom stereocenters.